The number of para-hydroxylation sites is 3. The fourth-order valence-corrected chi connectivity index (χ4v) is 9.44. The second-order valence-corrected chi connectivity index (χ2v) is 16.7. The van der Waals surface area contributed by atoms with Gasteiger partial charge in [0.1, 0.15) is 0 Å². The van der Waals surface area contributed by atoms with Crippen molar-refractivity contribution in [2.45, 2.75) is 0 Å². The Hall–Kier alpha value is -9.40. The molecule has 0 atom stereocenters. The Bertz CT molecular complexity index is 3940. The zero-order valence-electron chi connectivity index (χ0n) is 36.5. The van der Waals surface area contributed by atoms with Crippen LogP contribution >= 0.6 is 0 Å². The van der Waals surface area contributed by atoms with E-state index in [1.165, 1.54) is 0 Å². The number of hydrogen-bond acceptors (Lipinski definition) is 6. The van der Waals surface area contributed by atoms with Gasteiger partial charge in [0, 0.05) is 49.4 Å². The second-order valence-electron chi connectivity index (χ2n) is 16.7. The molecule has 8 nitrogen and oxygen atoms in total. The van der Waals surface area contributed by atoms with Gasteiger partial charge in [0.05, 0.1) is 27.8 Å². The predicted octanol–water partition coefficient (Wildman–Crippen LogP) is 14.3. The highest BCUT2D eigenvalue weighted by Gasteiger charge is 2.23. The SMILES string of the molecule is c1ccc(-c2ccc(-c3nc(-c4ccccc4)nc(-n4c5ccccc5c5cc6c(cc54)c4ccccc4n6-c4ccccc4-c4nc(-c5ccccc5)nc(-c5ccccc5)n4)n3)cc2)cc1. The van der Waals surface area contributed by atoms with Gasteiger partial charge in [-0.3, -0.25) is 4.57 Å². The summed E-state index contributed by atoms with van der Waals surface area (Å²) in [7, 11) is 0. The average Bonchev–Trinajstić information content (AvgIpc) is 3.92. The molecule has 0 amide bonds. The van der Waals surface area contributed by atoms with Crippen LogP contribution < -0.4 is 0 Å². The summed E-state index contributed by atoms with van der Waals surface area (Å²) in [5.74, 6) is 3.55. The molecule has 4 aromatic heterocycles. The van der Waals surface area contributed by atoms with Crippen LogP contribution in [0.25, 0.3) is 123 Å². The van der Waals surface area contributed by atoms with E-state index in [2.05, 4.69) is 143 Å². The van der Waals surface area contributed by atoms with Crippen LogP contribution in [0.4, 0.5) is 0 Å². The molecule has 0 saturated carbocycles. The zero-order valence-corrected chi connectivity index (χ0v) is 36.5. The Morgan fingerprint density at radius 3 is 1.12 bits per heavy atom. The minimum atomic E-state index is 0.541. The van der Waals surface area contributed by atoms with E-state index in [1.54, 1.807) is 0 Å². The molecule has 13 rings (SSSR count). The third-order valence-corrected chi connectivity index (χ3v) is 12.7. The van der Waals surface area contributed by atoms with Gasteiger partial charge in [-0.05, 0) is 47.5 Å². The van der Waals surface area contributed by atoms with Crippen LogP contribution in [0.5, 0.6) is 0 Å². The number of nitrogens with zero attached hydrogens (tertiary/aromatic N) is 8. The van der Waals surface area contributed by atoms with E-state index in [4.69, 9.17) is 29.9 Å². The lowest BCUT2D eigenvalue weighted by atomic mass is 10.0. The fourth-order valence-electron chi connectivity index (χ4n) is 9.44. The van der Waals surface area contributed by atoms with Crippen molar-refractivity contribution in [2.24, 2.45) is 0 Å². The Balaban J connectivity index is 1.03. The number of hydrogen-bond donors (Lipinski definition) is 0. The highest BCUT2D eigenvalue weighted by Crippen LogP contribution is 2.41. The maximum Gasteiger partial charge on any atom is 0.238 e. The first-order valence-corrected chi connectivity index (χ1v) is 22.6. The maximum absolute atomic E-state index is 5.29. The molecule has 0 aliphatic rings. The fraction of sp³-hybridized carbons (Fsp3) is 0. The first-order valence-electron chi connectivity index (χ1n) is 22.6. The number of aromatic nitrogens is 8. The molecule has 0 bridgehead atoms. The van der Waals surface area contributed by atoms with E-state index in [0.29, 0.717) is 35.1 Å². The summed E-state index contributed by atoms with van der Waals surface area (Å²) >= 11 is 0. The summed E-state index contributed by atoms with van der Waals surface area (Å²) in [6.45, 7) is 0. The monoisotopic (exact) mass is 870 g/mol. The van der Waals surface area contributed by atoms with E-state index in [9.17, 15) is 0 Å². The maximum atomic E-state index is 5.29. The molecule has 13 aromatic rings. The first kappa shape index (κ1) is 39.0. The minimum absolute atomic E-state index is 0.541. The molecule has 8 heteroatoms. The largest absolute Gasteiger partial charge is 0.308 e. The van der Waals surface area contributed by atoms with Gasteiger partial charge in [0.25, 0.3) is 0 Å². The van der Waals surface area contributed by atoms with E-state index in [1.807, 2.05) is 97.1 Å². The van der Waals surface area contributed by atoms with Gasteiger partial charge in [0.15, 0.2) is 29.1 Å². The van der Waals surface area contributed by atoms with Crippen molar-refractivity contribution in [3.63, 3.8) is 0 Å². The van der Waals surface area contributed by atoms with Crippen LogP contribution in [0, 0.1) is 0 Å². The quantitative estimate of drug-likeness (QED) is 0.151. The summed E-state index contributed by atoms with van der Waals surface area (Å²) in [5.41, 5.74) is 11.9. The second kappa shape index (κ2) is 16.2. The van der Waals surface area contributed by atoms with Crippen molar-refractivity contribution in [3.8, 4) is 79.7 Å². The summed E-state index contributed by atoms with van der Waals surface area (Å²) in [6, 6.07) is 79.3. The van der Waals surface area contributed by atoms with E-state index in [-0.39, 0.29) is 0 Å². The van der Waals surface area contributed by atoms with Gasteiger partial charge in [-0.15, -0.1) is 0 Å². The molecule has 9 aromatic carbocycles. The summed E-state index contributed by atoms with van der Waals surface area (Å²) < 4.78 is 4.55. The molecule has 0 N–H and O–H groups in total. The van der Waals surface area contributed by atoms with Crippen LogP contribution in [0.2, 0.25) is 0 Å². The molecule has 0 unspecified atom stereocenters. The molecule has 0 radical (unpaired) electrons. The lowest BCUT2D eigenvalue weighted by Gasteiger charge is -2.14. The smallest absolute Gasteiger partial charge is 0.238 e. The molecule has 4 heterocycles. The van der Waals surface area contributed by atoms with Crippen LogP contribution in [-0.4, -0.2) is 39.0 Å². The number of fused-ring (bicyclic) bond motifs is 6. The molecule has 318 valence electrons. The molecule has 0 spiro atoms. The first-order chi connectivity index (χ1) is 33.7. The molecule has 0 fully saturated rings. The van der Waals surface area contributed by atoms with Crippen LogP contribution in [0.1, 0.15) is 0 Å². The summed E-state index contributed by atoms with van der Waals surface area (Å²) in [4.78, 5) is 31.0. The molecular formula is C60H38N8. The minimum Gasteiger partial charge on any atom is -0.308 e. The molecule has 0 aliphatic heterocycles. The van der Waals surface area contributed by atoms with Gasteiger partial charge in [-0.1, -0.05) is 194 Å². The van der Waals surface area contributed by atoms with Gasteiger partial charge in [0.2, 0.25) is 5.95 Å². The lowest BCUT2D eigenvalue weighted by Crippen LogP contribution is -2.06. The van der Waals surface area contributed by atoms with Crippen LogP contribution in [0.15, 0.2) is 231 Å². The van der Waals surface area contributed by atoms with Crippen molar-refractivity contribution in [1.82, 2.24) is 39.0 Å². The third kappa shape index (κ3) is 6.70. The Kier molecular flexibility index (Phi) is 9.31. The van der Waals surface area contributed by atoms with Crippen LogP contribution in [-0.2, 0) is 0 Å². The highest BCUT2D eigenvalue weighted by molar-refractivity contribution is 6.19. The van der Waals surface area contributed by atoms with Crippen molar-refractivity contribution in [3.05, 3.63) is 231 Å². The van der Waals surface area contributed by atoms with Gasteiger partial charge >= 0.3 is 0 Å². The summed E-state index contributed by atoms with van der Waals surface area (Å²) in [6.07, 6.45) is 0. The predicted molar refractivity (Wildman–Crippen MR) is 275 cm³/mol. The van der Waals surface area contributed by atoms with E-state index >= 15 is 0 Å². The standard InChI is InChI=1S/C60H38N8/c1-5-19-39(20-6-1)40-33-35-44(36-34-40)58-62-57(43-25-11-4-12-26-43)65-60(66-58)68-51-31-17-14-28-46(51)49-37-53-48(38-54(49)68)45-27-13-16-30-50(45)67(53)52-32-18-15-29-47(52)59-63-55(41-21-7-2-8-22-41)61-56(64-59)42-23-9-3-10-24-42/h1-38H. The molecule has 0 saturated heterocycles. The molecule has 68 heavy (non-hydrogen) atoms. The zero-order chi connectivity index (χ0) is 45.0. The van der Waals surface area contributed by atoms with Gasteiger partial charge in [-0.25, -0.2) is 19.9 Å². The van der Waals surface area contributed by atoms with Gasteiger partial charge in [-0.2, -0.15) is 9.97 Å². The summed E-state index contributed by atoms with van der Waals surface area (Å²) in [5, 5.41) is 4.36. The van der Waals surface area contributed by atoms with Crippen molar-refractivity contribution >= 4 is 43.6 Å². The Morgan fingerprint density at radius 1 is 0.235 bits per heavy atom. The number of rotatable bonds is 8. The van der Waals surface area contributed by atoms with E-state index < -0.39 is 0 Å². The lowest BCUT2D eigenvalue weighted by molar-refractivity contribution is 0.954. The topological polar surface area (TPSA) is 87.2 Å². The average molecular weight is 871 g/mol. The third-order valence-electron chi connectivity index (χ3n) is 12.7. The van der Waals surface area contributed by atoms with Crippen LogP contribution in [0.3, 0.4) is 0 Å². The Morgan fingerprint density at radius 2 is 0.588 bits per heavy atom. The molecule has 0 aliphatic carbocycles. The number of benzene rings is 9. The van der Waals surface area contributed by atoms with Crippen molar-refractivity contribution < 1.29 is 0 Å². The highest BCUT2D eigenvalue weighted by atomic mass is 15.2. The van der Waals surface area contributed by atoms with Gasteiger partial charge < -0.3 is 4.57 Å². The Labute approximate surface area is 391 Å². The van der Waals surface area contributed by atoms with Crippen molar-refractivity contribution in [1.29, 1.82) is 0 Å². The van der Waals surface area contributed by atoms with E-state index in [0.717, 1.165) is 88.2 Å². The van der Waals surface area contributed by atoms with Crippen molar-refractivity contribution in [2.75, 3.05) is 0 Å². The molecular weight excluding hydrogens is 833 g/mol. The normalized spacial score (nSPS) is 11.5.